The van der Waals surface area contributed by atoms with Crippen molar-refractivity contribution in [2.75, 3.05) is 6.54 Å². The van der Waals surface area contributed by atoms with Gasteiger partial charge in [0.15, 0.2) is 0 Å². The van der Waals surface area contributed by atoms with Crippen LogP contribution in [0.5, 0.6) is 0 Å². The molecule has 7 nitrogen and oxygen atoms in total. The number of carbonyl (C=O) groups is 3. The average molecular weight is 295 g/mol. The van der Waals surface area contributed by atoms with Crippen LogP contribution >= 0.6 is 15.9 Å². The quantitative estimate of drug-likeness (QED) is 0.555. The van der Waals surface area contributed by atoms with Gasteiger partial charge in [-0.15, -0.1) is 0 Å². The van der Waals surface area contributed by atoms with Crippen LogP contribution in [0.3, 0.4) is 0 Å². The molecule has 0 bridgehead atoms. The number of carbonyl (C=O) groups excluding carboxylic acids is 1. The van der Waals surface area contributed by atoms with E-state index in [1.807, 2.05) is 5.32 Å². The highest BCUT2D eigenvalue weighted by atomic mass is 79.9. The van der Waals surface area contributed by atoms with Crippen LogP contribution < -0.4 is 10.6 Å². The smallest absolute Gasteiger partial charge is 0.326 e. The lowest BCUT2D eigenvalue weighted by Crippen LogP contribution is -2.47. The molecular formula is C8H11BrN2O5. The van der Waals surface area contributed by atoms with Crippen molar-refractivity contribution < 1.29 is 24.6 Å². The molecule has 0 aliphatic carbocycles. The van der Waals surface area contributed by atoms with Crippen molar-refractivity contribution >= 4 is 33.9 Å². The molecule has 90 valence electrons. The maximum Gasteiger partial charge on any atom is 0.326 e. The molecule has 0 aromatic heterocycles. The number of nitrogens with one attached hydrogen (secondary N) is 2. The number of carboxylic acids is 2. The molecule has 0 aliphatic heterocycles. The highest BCUT2D eigenvalue weighted by Gasteiger charge is 2.22. The van der Waals surface area contributed by atoms with Crippen LogP contribution in [-0.2, 0) is 9.59 Å². The van der Waals surface area contributed by atoms with E-state index in [2.05, 4.69) is 27.8 Å². The first-order chi connectivity index (χ1) is 7.32. The monoisotopic (exact) mass is 294 g/mol. The second kappa shape index (κ2) is 6.83. The molecule has 0 rings (SSSR count). The van der Waals surface area contributed by atoms with E-state index in [9.17, 15) is 14.4 Å². The van der Waals surface area contributed by atoms with Gasteiger partial charge < -0.3 is 20.8 Å². The molecule has 0 spiro atoms. The number of urea groups is 1. The first-order valence-electron chi connectivity index (χ1n) is 4.15. The number of halogens is 1. The average Bonchev–Trinajstić information content (AvgIpc) is 2.12. The van der Waals surface area contributed by atoms with E-state index >= 15 is 0 Å². The van der Waals surface area contributed by atoms with Gasteiger partial charge in [0, 0.05) is 4.48 Å². The van der Waals surface area contributed by atoms with Gasteiger partial charge in [0.2, 0.25) is 0 Å². The summed E-state index contributed by atoms with van der Waals surface area (Å²) in [4.78, 5) is 32.0. The number of hydrogen-bond acceptors (Lipinski definition) is 3. The predicted octanol–water partition coefficient (Wildman–Crippen LogP) is 0.122. The van der Waals surface area contributed by atoms with Crippen molar-refractivity contribution in [1.29, 1.82) is 0 Å². The fraction of sp³-hybridized carbons (Fsp3) is 0.375. The lowest BCUT2D eigenvalue weighted by atomic mass is 10.2. The van der Waals surface area contributed by atoms with Crippen molar-refractivity contribution in [3.63, 3.8) is 0 Å². The number of amides is 2. The minimum absolute atomic E-state index is 0.116. The van der Waals surface area contributed by atoms with Crippen molar-refractivity contribution in [3.8, 4) is 0 Å². The Kier molecular flexibility index (Phi) is 6.16. The molecule has 0 aliphatic rings. The Hall–Kier alpha value is -1.57. The van der Waals surface area contributed by atoms with Crippen LogP contribution in [0.2, 0.25) is 0 Å². The van der Waals surface area contributed by atoms with Gasteiger partial charge in [-0.25, -0.2) is 9.59 Å². The summed E-state index contributed by atoms with van der Waals surface area (Å²) >= 11 is 2.99. The Bertz CT molecular complexity index is 318. The zero-order valence-corrected chi connectivity index (χ0v) is 9.78. The number of rotatable bonds is 6. The second-order valence-corrected chi connectivity index (χ2v) is 3.95. The fourth-order valence-electron chi connectivity index (χ4n) is 0.760. The van der Waals surface area contributed by atoms with E-state index < -0.39 is 30.4 Å². The predicted molar refractivity (Wildman–Crippen MR) is 58.3 cm³/mol. The third kappa shape index (κ3) is 6.82. The van der Waals surface area contributed by atoms with E-state index in [0.717, 1.165) is 0 Å². The minimum atomic E-state index is -1.46. The summed E-state index contributed by atoms with van der Waals surface area (Å²) in [5, 5.41) is 21.3. The van der Waals surface area contributed by atoms with Gasteiger partial charge in [0.05, 0.1) is 13.0 Å². The third-order valence-electron chi connectivity index (χ3n) is 1.42. The molecular weight excluding hydrogens is 284 g/mol. The normalized spacial score (nSPS) is 11.3. The summed E-state index contributed by atoms with van der Waals surface area (Å²) in [6, 6.07) is -2.23. The van der Waals surface area contributed by atoms with Crippen LogP contribution in [0.1, 0.15) is 6.42 Å². The van der Waals surface area contributed by atoms with Crippen molar-refractivity contribution in [3.05, 3.63) is 11.1 Å². The van der Waals surface area contributed by atoms with Gasteiger partial charge in [0.1, 0.15) is 6.04 Å². The Morgan fingerprint density at radius 1 is 1.31 bits per heavy atom. The molecule has 0 radical (unpaired) electrons. The highest BCUT2D eigenvalue weighted by Crippen LogP contribution is 1.97. The standard InChI is InChI=1S/C8H11BrN2O5/c1-4(9)3-10-8(16)11-5(7(14)15)2-6(12)13/h5H,1-3H2,(H,12,13)(H,14,15)(H2,10,11,16). The molecule has 1 atom stereocenters. The summed E-state index contributed by atoms with van der Waals surface area (Å²) in [5.74, 6) is -2.71. The zero-order chi connectivity index (χ0) is 12.7. The van der Waals surface area contributed by atoms with Crippen LogP contribution in [0.25, 0.3) is 0 Å². The van der Waals surface area contributed by atoms with Crippen LogP contribution in [0, 0.1) is 0 Å². The molecule has 4 N–H and O–H groups in total. The Labute approximate surface area is 99.6 Å². The molecule has 16 heavy (non-hydrogen) atoms. The molecule has 2 amide bonds. The first-order valence-corrected chi connectivity index (χ1v) is 4.94. The van der Waals surface area contributed by atoms with Gasteiger partial charge in [-0.2, -0.15) is 0 Å². The highest BCUT2D eigenvalue weighted by molar-refractivity contribution is 9.11. The van der Waals surface area contributed by atoms with E-state index in [1.165, 1.54) is 0 Å². The number of hydrogen-bond donors (Lipinski definition) is 4. The lowest BCUT2D eigenvalue weighted by Gasteiger charge is -2.12. The molecule has 8 heteroatoms. The van der Waals surface area contributed by atoms with Crippen LogP contribution in [0.4, 0.5) is 4.79 Å². The van der Waals surface area contributed by atoms with Gasteiger partial charge >= 0.3 is 18.0 Å². The molecule has 0 saturated carbocycles. The minimum Gasteiger partial charge on any atom is -0.481 e. The lowest BCUT2D eigenvalue weighted by molar-refractivity contribution is -0.145. The van der Waals surface area contributed by atoms with E-state index in [1.54, 1.807) is 0 Å². The molecule has 0 saturated heterocycles. The largest absolute Gasteiger partial charge is 0.481 e. The van der Waals surface area contributed by atoms with Gasteiger partial charge in [-0.1, -0.05) is 22.5 Å². The summed E-state index contributed by atoms with van der Waals surface area (Å²) in [7, 11) is 0. The van der Waals surface area contributed by atoms with Gasteiger partial charge in [-0.3, -0.25) is 4.79 Å². The summed E-state index contributed by atoms with van der Waals surface area (Å²) in [6.07, 6.45) is -0.683. The molecule has 0 aromatic carbocycles. The Morgan fingerprint density at radius 2 is 1.88 bits per heavy atom. The second-order valence-electron chi connectivity index (χ2n) is 2.83. The maximum atomic E-state index is 11.1. The molecule has 0 fully saturated rings. The van der Waals surface area contributed by atoms with E-state index in [0.29, 0.717) is 4.48 Å². The maximum absolute atomic E-state index is 11.1. The van der Waals surface area contributed by atoms with Gasteiger partial charge in [0.25, 0.3) is 0 Å². The molecule has 1 unspecified atom stereocenters. The van der Waals surface area contributed by atoms with Gasteiger partial charge in [-0.05, 0) is 0 Å². The molecule has 0 aromatic rings. The summed E-state index contributed by atoms with van der Waals surface area (Å²) in [5.41, 5.74) is 0. The van der Waals surface area contributed by atoms with Crippen molar-refractivity contribution in [2.24, 2.45) is 0 Å². The SMILES string of the molecule is C=C(Br)CNC(=O)NC(CC(=O)O)C(=O)O. The van der Waals surface area contributed by atoms with Crippen molar-refractivity contribution in [1.82, 2.24) is 10.6 Å². The summed E-state index contributed by atoms with van der Waals surface area (Å²) in [6.45, 7) is 3.57. The topological polar surface area (TPSA) is 116 Å². The first kappa shape index (κ1) is 14.4. The summed E-state index contributed by atoms with van der Waals surface area (Å²) < 4.78 is 0.507. The van der Waals surface area contributed by atoms with Crippen molar-refractivity contribution in [2.45, 2.75) is 12.5 Å². The fourth-order valence-corrected chi connectivity index (χ4v) is 0.900. The zero-order valence-electron chi connectivity index (χ0n) is 8.20. The van der Waals surface area contributed by atoms with E-state index in [4.69, 9.17) is 10.2 Å². The number of aliphatic carboxylic acids is 2. The molecule has 0 heterocycles. The third-order valence-corrected chi connectivity index (χ3v) is 1.70. The number of carboxylic acid groups (broad SMARTS) is 2. The van der Waals surface area contributed by atoms with Crippen LogP contribution in [-0.4, -0.2) is 40.8 Å². The Balaban J connectivity index is 4.18. The Morgan fingerprint density at radius 3 is 2.25 bits per heavy atom. The van der Waals surface area contributed by atoms with E-state index in [-0.39, 0.29) is 6.54 Å². The van der Waals surface area contributed by atoms with Crippen LogP contribution in [0.15, 0.2) is 11.1 Å².